The number of carbonyl (C=O) groups excluding carboxylic acids is 1. The predicted octanol–water partition coefficient (Wildman–Crippen LogP) is 3.61. The van der Waals surface area contributed by atoms with Gasteiger partial charge in [-0.1, -0.05) is 40.0 Å². The van der Waals surface area contributed by atoms with E-state index in [1.165, 1.54) is 12.8 Å². The highest BCUT2D eigenvalue weighted by Crippen LogP contribution is 2.23. The molecule has 0 spiro atoms. The van der Waals surface area contributed by atoms with Crippen molar-refractivity contribution >= 4 is 11.6 Å². The molecule has 0 unspecified atom stereocenters. The zero-order valence-corrected chi connectivity index (χ0v) is 13.4. The monoisotopic (exact) mass is 292 g/mol. The summed E-state index contributed by atoms with van der Waals surface area (Å²) >= 11 is 0. The molecule has 3 N–H and O–H groups in total. The minimum absolute atomic E-state index is 0.0838. The first-order chi connectivity index (χ1) is 10.0. The van der Waals surface area contributed by atoms with Gasteiger partial charge in [0, 0.05) is 12.1 Å². The number of benzene rings is 1. The molecule has 0 bridgehead atoms. The van der Waals surface area contributed by atoms with Crippen LogP contribution in [0, 0.1) is 5.92 Å². The van der Waals surface area contributed by atoms with Crippen molar-refractivity contribution in [2.24, 2.45) is 5.92 Å². The molecule has 0 aliphatic heterocycles. The molecule has 0 saturated carbocycles. The first-order valence-corrected chi connectivity index (χ1v) is 7.85. The van der Waals surface area contributed by atoms with E-state index in [-0.39, 0.29) is 5.91 Å². The van der Waals surface area contributed by atoms with E-state index < -0.39 is 0 Å². The summed E-state index contributed by atoms with van der Waals surface area (Å²) in [5.41, 5.74) is 7.06. The molecule has 0 atom stereocenters. The Morgan fingerprint density at radius 1 is 1.29 bits per heavy atom. The summed E-state index contributed by atoms with van der Waals surface area (Å²) in [6.45, 7) is 7.61. The first-order valence-electron chi connectivity index (χ1n) is 7.85. The second-order valence-electron chi connectivity index (χ2n) is 5.77. The van der Waals surface area contributed by atoms with Gasteiger partial charge in [0.25, 0.3) is 5.91 Å². The third-order valence-corrected chi connectivity index (χ3v) is 3.20. The molecule has 4 heteroatoms. The Labute approximate surface area is 128 Å². The first kappa shape index (κ1) is 17.3. The number of hydrogen-bond acceptors (Lipinski definition) is 3. The van der Waals surface area contributed by atoms with Crippen molar-refractivity contribution in [2.45, 2.75) is 46.5 Å². The lowest BCUT2D eigenvalue weighted by molar-refractivity contribution is 0.0948. The largest absolute Gasteiger partial charge is 0.491 e. The molecule has 4 nitrogen and oxygen atoms in total. The van der Waals surface area contributed by atoms with Crippen molar-refractivity contribution in [1.29, 1.82) is 0 Å². The lowest BCUT2D eigenvalue weighted by Gasteiger charge is -2.12. The summed E-state index contributed by atoms with van der Waals surface area (Å²) in [6, 6.07) is 5.19. The average Bonchev–Trinajstić information content (AvgIpc) is 2.46. The smallest absolute Gasteiger partial charge is 0.251 e. The van der Waals surface area contributed by atoms with Gasteiger partial charge >= 0.3 is 0 Å². The van der Waals surface area contributed by atoms with E-state index in [9.17, 15) is 4.79 Å². The topological polar surface area (TPSA) is 64.3 Å². The van der Waals surface area contributed by atoms with Crippen LogP contribution < -0.4 is 15.8 Å². The Morgan fingerprint density at radius 3 is 2.71 bits per heavy atom. The SMILES string of the molecule is CCCCCCOc1cc(C(=O)NCC(C)C)ccc1N. The van der Waals surface area contributed by atoms with Crippen LogP contribution >= 0.6 is 0 Å². The lowest BCUT2D eigenvalue weighted by Crippen LogP contribution is -2.27. The molecule has 1 amide bonds. The van der Waals surface area contributed by atoms with Gasteiger partial charge in [0.2, 0.25) is 0 Å². The van der Waals surface area contributed by atoms with Gasteiger partial charge in [-0.05, 0) is 30.5 Å². The van der Waals surface area contributed by atoms with Crippen LogP contribution in [-0.2, 0) is 0 Å². The molecule has 1 rings (SSSR count). The van der Waals surface area contributed by atoms with Gasteiger partial charge < -0.3 is 15.8 Å². The third-order valence-electron chi connectivity index (χ3n) is 3.20. The number of nitrogen functional groups attached to an aromatic ring is 1. The minimum atomic E-state index is -0.0838. The number of hydrogen-bond donors (Lipinski definition) is 2. The van der Waals surface area contributed by atoms with Crippen LogP contribution in [0.3, 0.4) is 0 Å². The van der Waals surface area contributed by atoms with E-state index >= 15 is 0 Å². The fourth-order valence-electron chi connectivity index (χ4n) is 1.91. The summed E-state index contributed by atoms with van der Waals surface area (Å²) < 4.78 is 5.69. The molecule has 0 heterocycles. The average molecular weight is 292 g/mol. The number of nitrogens with one attached hydrogen (secondary N) is 1. The molecule has 0 fully saturated rings. The van der Waals surface area contributed by atoms with Crippen LogP contribution in [0.25, 0.3) is 0 Å². The van der Waals surface area contributed by atoms with Crippen molar-refractivity contribution in [3.05, 3.63) is 23.8 Å². The van der Waals surface area contributed by atoms with Gasteiger partial charge in [-0.25, -0.2) is 0 Å². The Morgan fingerprint density at radius 2 is 2.05 bits per heavy atom. The van der Waals surface area contributed by atoms with E-state index in [0.717, 1.165) is 12.8 Å². The molecular weight excluding hydrogens is 264 g/mol. The number of carbonyl (C=O) groups is 1. The molecule has 0 aliphatic carbocycles. The molecular formula is C17H28N2O2. The van der Waals surface area contributed by atoms with Crippen LogP contribution in [0.2, 0.25) is 0 Å². The Bertz CT molecular complexity index is 444. The van der Waals surface area contributed by atoms with Crippen molar-refractivity contribution in [3.8, 4) is 5.75 Å². The van der Waals surface area contributed by atoms with E-state index in [2.05, 4.69) is 26.1 Å². The quantitative estimate of drug-likeness (QED) is 0.540. The van der Waals surface area contributed by atoms with Gasteiger partial charge in [-0.15, -0.1) is 0 Å². The molecule has 0 aromatic heterocycles. The highest BCUT2D eigenvalue weighted by Gasteiger charge is 2.09. The third kappa shape index (κ3) is 6.52. The summed E-state index contributed by atoms with van der Waals surface area (Å²) in [5, 5.41) is 2.89. The van der Waals surface area contributed by atoms with E-state index in [1.54, 1.807) is 18.2 Å². The Hall–Kier alpha value is -1.71. The maximum Gasteiger partial charge on any atom is 0.251 e. The molecule has 0 radical (unpaired) electrons. The van der Waals surface area contributed by atoms with Crippen molar-refractivity contribution in [2.75, 3.05) is 18.9 Å². The number of unbranched alkanes of at least 4 members (excludes halogenated alkanes) is 3. The van der Waals surface area contributed by atoms with Crippen molar-refractivity contribution < 1.29 is 9.53 Å². The zero-order chi connectivity index (χ0) is 15.7. The van der Waals surface area contributed by atoms with E-state index in [4.69, 9.17) is 10.5 Å². The molecule has 21 heavy (non-hydrogen) atoms. The molecule has 0 aliphatic rings. The maximum absolute atomic E-state index is 12.0. The number of rotatable bonds is 9. The molecule has 118 valence electrons. The summed E-state index contributed by atoms with van der Waals surface area (Å²) in [5.74, 6) is 0.945. The number of nitrogens with two attached hydrogens (primary N) is 1. The van der Waals surface area contributed by atoms with E-state index in [0.29, 0.717) is 36.1 Å². The summed E-state index contributed by atoms with van der Waals surface area (Å²) in [6.07, 6.45) is 4.59. The van der Waals surface area contributed by atoms with Gasteiger partial charge in [-0.2, -0.15) is 0 Å². The number of ether oxygens (including phenoxy) is 1. The van der Waals surface area contributed by atoms with Crippen molar-refractivity contribution in [1.82, 2.24) is 5.32 Å². The predicted molar refractivity (Wildman–Crippen MR) is 87.7 cm³/mol. The fourth-order valence-corrected chi connectivity index (χ4v) is 1.91. The normalized spacial score (nSPS) is 10.7. The van der Waals surface area contributed by atoms with Gasteiger partial charge in [0.1, 0.15) is 5.75 Å². The second kappa shape index (κ2) is 9.27. The molecule has 0 saturated heterocycles. The second-order valence-corrected chi connectivity index (χ2v) is 5.77. The summed E-state index contributed by atoms with van der Waals surface area (Å²) in [7, 11) is 0. The minimum Gasteiger partial charge on any atom is -0.491 e. The Balaban J connectivity index is 2.56. The highest BCUT2D eigenvalue weighted by molar-refractivity contribution is 5.95. The van der Waals surface area contributed by atoms with E-state index in [1.807, 2.05) is 0 Å². The van der Waals surface area contributed by atoms with Gasteiger partial charge in [0.15, 0.2) is 0 Å². The van der Waals surface area contributed by atoms with Crippen LogP contribution in [0.15, 0.2) is 18.2 Å². The van der Waals surface area contributed by atoms with Crippen LogP contribution in [0.1, 0.15) is 56.8 Å². The lowest BCUT2D eigenvalue weighted by atomic mass is 10.1. The zero-order valence-electron chi connectivity index (χ0n) is 13.4. The number of anilines is 1. The van der Waals surface area contributed by atoms with Crippen LogP contribution in [0.4, 0.5) is 5.69 Å². The standard InChI is InChI=1S/C17H28N2O2/c1-4-5-6-7-10-21-16-11-14(8-9-15(16)18)17(20)19-12-13(2)3/h8-9,11,13H,4-7,10,12,18H2,1-3H3,(H,19,20). The van der Waals surface area contributed by atoms with Crippen LogP contribution in [0.5, 0.6) is 5.75 Å². The van der Waals surface area contributed by atoms with Crippen LogP contribution in [-0.4, -0.2) is 19.1 Å². The molecule has 1 aromatic rings. The Kier molecular flexibility index (Phi) is 7.65. The summed E-state index contributed by atoms with van der Waals surface area (Å²) in [4.78, 5) is 12.0. The molecule has 1 aromatic carbocycles. The maximum atomic E-state index is 12.0. The number of amides is 1. The fraction of sp³-hybridized carbons (Fsp3) is 0.588. The highest BCUT2D eigenvalue weighted by atomic mass is 16.5. The van der Waals surface area contributed by atoms with Gasteiger partial charge in [-0.3, -0.25) is 4.79 Å². The van der Waals surface area contributed by atoms with Crippen molar-refractivity contribution in [3.63, 3.8) is 0 Å². The van der Waals surface area contributed by atoms with Gasteiger partial charge in [0.05, 0.1) is 12.3 Å².